The van der Waals surface area contributed by atoms with Gasteiger partial charge in [0.25, 0.3) is 17.4 Å². The van der Waals surface area contributed by atoms with Crippen LogP contribution in [-0.2, 0) is 10.4 Å². The zero-order chi connectivity index (χ0) is 28.5. The molecule has 2 aromatic rings. The first-order chi connectivity index (χ1) is 18.4. The number of halogens is 4. The molecule has 1 saturated heterocycles. The molecule has 2 amide bonds. The third kappa shape index (κ3) is 5.94. The number of nitrogens with zero attached hydrogens (tertiary/aromatic N) is 3. The summed E-state index contributed by atoms with van der Waals surface area (Å²) in [6.07, 6.45) is -2.68. The molecule has 0 spiro atoms. The van der Waals surface area contributed by atoms with Gasteiger partial charge in [0.1, 0.15) is 16.7 Å². The van der Waals surface area contributed by atoms with Gasteiger partial charge in [-0.3, -0.25) is 9.59 Å². The largest absolute Gasteiger partial charge is 0.497 e. The summed E-state index contributed by atoms with van der Waals surface area (Å²) in [4.78, 5) is 32.8. The minimum atomic E-state index is -5.21. The van der Waals surface area contributed by atoms with Crippen molar-refractivity contribution in [3.8, 4) is 5.75 Å². The second kappa shape index (κ2) is 11.2. The number of hydrogen-bond donors (Lipinski definition) is 2. The van der Waals surface area contributed by atoms with E-state index in [4.69, 9.17) is 16.3 Å². The predicted molar refractivity (Wildman–Crippen MR) is 140 cm³/mol. The number of methoxy groups -OCH3 is 1. The number of benzene rings is 1. The number of nitrogens with one attached hydrogen (secondary N) is 1. The van der Waals surface area contributed by atoms with Gasteiger partial charge in [0, 0.05) is 39.3 Å². The van der Waals surface area contributed by atoms with Crippen LogP contribution in [-0.4, -0.2) is 73.8 Å². The first-order valence-corrected chi connectivity index (χ1v) is 13.1. The molecule has 3 atom stereocenters. The summed E-state index contributed by atoms with van der Waals surface area (Å²) < 4.78 is 46.6. The lowest BCUT2D eigenvalue weighted by Crippen LogP contribution is -2.54. The summed E-state index contributed by atoms with van der Waals surface area (Å²) in [6, 6.07) is 8.25. The molecule has 4 rings (SSSR count). The number of amides is 2. The van der Waals surface area contributed by atoms with E-state index in [0.717, 1.165) is 44.5 Å². The van der Waals surface area contributed by atoms with E-state index in [9.17, 15) is 27.9 Å². The number of piperidine rings is 1. The van der Waals surface area contributed by atoms with Crippen molar-refractivity contribution >= 4 is 29.2 Å². The first kappa shape index (κ1) is 28.9. The highest BCUT2D eigenvalue weighted by Crippen LogP contribution is 2.48. The summed E-state index contributed by atoms with van der Waals surface area (Å²) in [6.45, 7) is 1.52. The Balaban J connectivity index is 1.31. The van der Waals surface area contributed by atoms with Crippen molar-refractivity contribution in [2.24, 2.45) is 17.8 Å². The molecule has 2 fully saturated rings. The van der Waals surface area contributed by atoms with Gasteiger partial charge in [-0.2, -0.15) is 13.2 Å². The number of aromatic nitrogens is 1. The molecule has 2 aliphatic rings. The van der Waals surface area contributed by atoms with Gasteiger partial charge in [-0.05, 0) is 61.3 Å². The number of alkyl halides is 3. The SMILES string of the molecule is COc1cccc([C@@](O)(C(=O)NC[C@@H]2C[C@@H]2C2CCN(c3ccc(C(=O)N(C)C)c(Cl)n3)CC2)C(F)(F)F)c1. The fraction of sp³-hybridized carbons (Fsp3) is 0.519. The molecule has 12 heteroatoms. The number of pyridine rings is 1. The maximum absolute atomic E-state index is 13.9. The Morgan fingerprint density at radius 2 is 1.90 bits per heavy atom. The van der Waals surface area contributed by atoms with E-state index in [1.165, 1.54) is 24.1 Å². The van der Waals surface area contributed by atoms with Crippen LogP contribution in [0.3, 0.4) is 0 Å². The molecule has 1 saturated carbocycles. The second-order valence-corrected chi connectivity index (χ2v) is 10.7. The van der Waals surface area contributed by atoms with Crippen LogP contribution in [0.2, 0.25) is 5.15 Å². The normalized spacial score (nSPS) is 21.2. The average Bonchev–Trinajstić information content (AvgIpc) is 3.70. The number of rotatable bonds is 8. The highest BCUT2D eigenvalue weighted by molar-refractivity contribution is 6.32. The monoisotopic (exact) mass is 568 g/mol. The first-order valence-electron chi connectivity index (χ1n) is 12.7. The minimum absolute atomic E-state index is 0.0530. The lowest BCUT2D eigenvalue weighted by Gasteiger charge is -2.33. The summed E-state index contributed by atoms with van der Waals surface area (Å²) >= 11 is 6.26. The van der Waals surface area contributed by atoms with Crippen LogP contribution in [0, 0.1) is 17.8 Å². The summed E-state index contributed by atoms with van der Waals surface area (Å²) in [7, 11) is 4.58. The van der Waals surface area contributed by atoms with Crippen LogP contribution in [0.15, 0.2) is 36.4 Å². The van der Waals surface area contributed by atoms with E-state index in [0.29, 0.717) is 23.2 Å². The molecule has 0 unspecified atom stereocenters. The Kier molecular flexibility index (Phi) is 8.32. The van der Waals surface area contributed by atoms with Crippen molar-refractivity contribution < 1.29 is 32.6 Å². The fourth-order valence-electron chi connectivity index (χ4n) is 5.26. The Labute approximate surface area is 230 Å². The molecule has 0 radical (unpaired) electrons. The van der Waals surface area contributed by atoms with Crippen molar-refractivity contribution in [3.05, 3.63) is 52.7 Å². The third-order valence-corrected chi connectivity index (χ3v) is 7.96. The molecule has 1 aliphatic heterocycles. The molecule has 8 nitrogen and oxygen atoms in total. The molecule has 39 heavy (non-hydrogen) atoms. The van der Waals surface area contributed by atoms with E-state index in [2.05, 4.69) is 15.2 Å². The average molecular weight is 569 g/mol. The number of ether oxygens (including phenoxy) is 1. The van der Waals surface area contributed by atoms with Gasteiger partial charge in [0.2, 0.25) is 0 Å². The van der Waals surface area contributed by atoms with E-state index >= 15 is 0 Å². The number of carbonyl (C=O) groups is 2. The van der Waals surface area contributed by atoms with Gasteiger partial charge in [-0.25, -0.2) is 4.98 Å². The van der Waals surface area contributed by atoms with E-state index in [1.807, 2.05) is 0 Å². The van der Waals surface area contributed by atoms with E-state index in [-0.39, 0.29) is 29.3 Å². The Morgan fingerprint density at radius 3 is 2.49 bits per heavy atom. The van der Waals surface area contributed by atoms with Gasteiger partial charge in [-0.1, -0.05) is 23.7 Å². The van der Waals surface area contributed by atoms with Crippen LogP contribution < -0.4 is 15.0 Å². The second-order valence-electron chi connectivity index (χ2n) is 10.3. The maximum atomic E-state index is 13.9. The molecule has 1 aliphatic carbocycles. The molecule has 2 heterocycles. The summed E-state index contributed by atoms with van der Waals surface area (Å²) in [5, 5.41) is 13.0. The number of carbonyl (C=O) groups excluding carboxylic acids is 2. The van der Waals surface area contributed by atoms with Gasteiger partial charge in [0.05, 0.1) is 12.7 Å². The maximum Gasteiger partial charge on any atom is 0.430 e. The zero-order valence-corrected chi connectivity index (χ0v) is 22.7. The molecule has 1 aromatic heterocycles. The van der Waals surface area contributed by atoms with Crippen molar-refractivity contribution in [2.75, 3.05) is 45.7 Å². The third-order valence-electron chi connectivity index (χ3n) is 7.67. The van der Waals surface area contributed by atoms with E-state index in [1.54, 1.807) is 26.2 Å². The molecule has 1 aromatic carbocycles. The summed E-state index contributed by atoms with van der Waals surface area (Å²) in [5.74, 6) is -0.209. The summed E-state index contributed by atoms with van der Waals surface area (Å²) in [5.41, 5.74) is -3.94. The predicted octanol–water partition coefficient (Wildman–Crippen LogP) is 3.86. The van der Waals surface area contributed by atoms with Gasteiger partial charge >= 0.3 is 6.18 Å². The number of anilines is 1. The standard InChI is InChI=1S/C27H32ClF3N4O4/c1-34(2)24(36)20-7-8-22(33-23(20)28)35-11-9-16(10-12-35)21-13-17(21)15-32-25(37)26(38,27(29,30)31)18-5-4-6-19(14-18)39-3/h4-8,14,16-17,21,38H,9-13,15H2,1-3H3,(H,32,37)/t17-,21+,26+/m0/s1. The quantitative estimate of drug-likeness (QED) is 0.470. The minimum Gasteiger partial charge on any atom is -0.497 e. The van der Waals surface area contributed by atoms with Crippen LogP contribution in [0.1, 0.15) is 35.2 Å². The van der Waals surface area contributed by atoms with Crippen molar-refractivity contribution in [1.29, 1.82) is 0 Å². The van der Waals surface area contributed by atoms with Gasteiger partial charge in [-0.15, -0.1) is 0 Å². The highest BCUT2D eigenvalue weighted by atomic mass is 35.5. The molecule has 0 bridgehead atoms. The molecule has 2 N–H and O–H groups in total. The Bertz CT molecular complexity index is 1220. The van der Waals surface area contributed by atoms with Gasteiger partial charge in [0.15, 0.2) is 0 Å². The Morgan fingerprint density at radius 1 is 1.21 bits per heavy atom. The molecular formula is C27H32ClF3N4O4. The van der Waals surface area contributed by atoms with Gasteiger partial charge < -0.3 is 25.0 Å². The Hall–Kier alpha value is -3.05. The van der Waals surface area contributed by atoms with Crippen LogP contribution in [0.5, 0.6) is 5.75 Å². The highest BCUT2D eigenvalue weighted by Gasteiger charge is 2.61. The number of hydrogen-bond acceptors (Lipinski definition) is 6. The smallest absolute Gasteiger partial charge is 0.430 e. The van der Waals surface area contributed by atoms with Crippen LogP contribution >= 0.6 is 11.6 Å². The van der Waals surface area contributed by atoms with E-state index < -0.39 is 23.2 Å². The van der Waals surface area contributed by atoms with Crippen molar-refractivity contribution in [3.63, 3.8) is 0 Å². The lowest BCUT2D eigenvalue weighted by molar-refractivity contribution is -0.257. The molecular weight excluding hydrogens is 537 g/mol. The van der Waals surface area contributed by atoms with Crippen LogP contribution in [0.25, 0.3) is 0 Å². The molecule has 212 valence electrons. The number of aliphatic hydroxyl groups is 1. The zero-order valence-electron chi connectivity index (χ0n) is 22.0. The van der Waals surface area contributed by atoms with Crippen molar-refractivity contribution in [2.45, 2.75) is 31.0 Å². The van der Waals surface area contributed by atoms with Crippen molar-refractivity contribution in [1.82, 2.24) is 15.2 Å². The topological polar surface area (TPSA) is 95.0 Å². The lowest BCUT2D eigenvalue weighted by atomic mass is 9.90. The fourth-order valence-corrected chi connectivity index (χ4v) is 5.49. The van der Waals surface area contributed by atoms with Crippen LogP contribution in [0.4, 0.5) is 19.0 Å².